The average molecular weight is 302 g/mol. The third-order valence-corrected chi connectivity index (χ3v) is 3.61. The standard InChI is InChI=1S/C11H11Cl2N4O2/c1-16-7-8(12)14-10(13)15-9(7)17(11(16)18)4-6-2-3-19-5-6/h4,6H,2-3,5H2,1H3/q+1/b17-4-. The van der Waals surface area contributed by atoms with Crippen LogP contribution in [0, 0.1) is 5.92 Å². The van der Waals surface area contributed by atoms with Crippen LogP contribution in [0.15, 0.2) is 0 Å². The maximum absolute atomic E-state index is 12.2. The Morgan fingerprint density at radius 2 is 2.26 bits per heavy atom. The number of urea groups is 1. The summed E-state index contributed by atoms with van der Waals surface area (Å²) in [6, 6.07) is -0.222. The van der Waals surface area contributed by atoms with Crippen LogP contribution < -0.4 is 4.90 Å². The first-order chi connectivity index (χ1) is 9.08. The first-order valence-corrected chi connectivity index (χ1v) is 6.56. The van der Waals surface area contributed by atoms with Crippen molar-refractivity contribution < 1.29 is 14.1 Å². The number of carbonyl (C=O) groups excluding carboxylic acids is 1. The number of hydrogen-bond acceptors (Lipinski definition) is 4. The monoisotopic (exact) mass is 301 g/mol. The zero-order chi connectivity index (χ0) is 13.6. The molecule has 1 aromatic heterocycles. The van der Waals surface area contributed by atoms with Crippen molar-refractivity contribution >= 4 is 47.0 Å². The van der Waals surface area contributed by atoms with Crippen molar-refractivity contribution in [3.63, 3.8) is 0 Å². The first-order valence-electron chi connectivity index (χ1n) is 5.80. The number of carbonyl (C=O) groups is 1. The van der Waals surface area contributed by atoms with Gasteiger partial charge >= 0.3 is 17.1 Å². The fourth-order valence-electron chi connectivity index (χ4n) is 2.21. The van der Waals surface area contributed by atoms with Crippen molar-refractivity contribution in [2.24, 2.45) is 5.92 Å². The molecule has 0 bridgehead atoms. The Kier molecular flexibility index (Phi) is 3.16. The van der Waals surface area contributed by atoms with Crippen molar-refractivity contribution in [2.75, 3.05) is 25.2 Å². The lowest BCUT2D eigenvalue weighted by molar-refractivity contribution is -0.324. The zero-order valence-electron chi connectivity index (χ0n) is 10.1. The van der Waals surface area contributed by atoms with Crippen LogP contribution in [0.25, 0.3) is 0 Å². The van der Waals surface area contributed by atoms with E-state index in [4.69, 9.17) is 27.9 Å². The van der Waals surface area contributed by atoms with E-state index in [1.54, 1.807) is 7.05 Å². The van der Waals surface area contributed by atoms with Gasteiger partial charge in [-0.25, -0.2) is 9.69 Å². The number of aromatic nitrogens is 2. The quantitative estimate of drug-likeness (QED) is 0.453. The first kappa shape index (κ1) is 12.8. The smallest absolute Gasteiger partial charge is 0.381 e. The number of hydrogen-bond donors (Lipinski definition) is 0. The fraction of sp³-hybridized carbons (Fsp3) is 0.455. The summed E-state index contributed by atoms with van der Waals surface area (Å²) < 4.78 is 6.76. The van der Waals surface area contributed by atoms with Crippen molar-refractivity contribution in [3.8, 4) is 0 Å². The summed E-state index contributed by atoms with van der Waals surface area (Å²) in [6.45, 7) is 1.31. The highest BCUT2D eigenvalue weighted by Crippen LogP contribution is 2.38. The topological polar surface area (TPSA) is 58.3 Å². The number of rotatable bonds is 1. The summed E-state index contributed by atoms with van der Waals surface area (Å²) in [5, 5.41) is 0.192. The molecule has 0 saturated carbocycles. The molecule has 8 heteroatoms. The molecule has 2 aliphatic rings. The van der Waals surface area contributed by atoms with Crippen LogP contribution in [0.5, 0.6) is 0 Å². The molecule has 100 valence electrons. The second-order valence-electron chi connectivity index (χ2n) is 4.44. The molecule has 0 radical (unpaired) electrons. The van der Waals surface area contributed by atoms with Gasteiger partial charge in [-0.05, 0) is 18.0 Å². The van der Waals surface area contributed by atoms with Gasteiger partial charge in [0.25, 0.3) is 0 Å². The third-order valence-electron chi connectivity index (χ3n) is 3.18. The van der Waals surface area contributed by atoms with Gasteiger partial charge < -0.3 is 4.74 Å². The molecule has 0 aliphatic carbocycles. The molecule has 0 N–H and O–H groups in total. The maximum Gasteiger partial charge on any atom is 0.448 e. The SMILES string of the molecule is CN1C(=O)/[N+](=C\C2CCOC2)c2nc(Cl)nc(Cl)c21. The lowest BCUT2D eigenvalue weighted by Crippen LogP contribution is -2.27. The second-order valence-corrected chi connectivity index (χ2v) is 5.14. The van der Waals surface area contributed by atoms with E-state index >= 15 is 0 Å². The van der Waals surface area contributed by atoms with E-state index in [0.29, 0.717) is 24.7 Å². The molecule has 6 nitrogen and oxygen atoms in total. The van der Waals surface area contributed by atoms with Crippen LogP contribution in [0.3, 0.4) is 0 Å². The Balaban J connectivity index is 2.11. The molecule has 1 fully saturated rings. The summed E-state index contributed by atoms with van der Waals surface area (Å²) in [7, 11) is 1.63. The lowest BCUT2D eigenvalue weighted by atomic mass is 10.1. The summed E-state index contributed by atoms with van der Waals surface area (Å²) in [5.74, 6) is 0.611. The number of nitrogens with zero attached hydrogens (tertiary/aromatic N) is 4. The van der Waals surface area contributed by atoms with E-state index in [1.165, 1.54) is 9.48 Å². The molecule has 2 aliphatic heterocycles. The minimum atomic E-state index is -0.222. The summed E-state index contributed by atoms with van der Waals surface area (Å²) >= 11 is 11.8. The van der Waals surface area contributed by atoms with Crippen LogP contribution in [0.2, 0.25) is 10.4 Å². The molecule has 1 saturated heterocycles. The molecule has 0 spiro atoms. The van der Waals surface area contributed by atoms with Gasteiger partial charge in [-0.2, -0.15) is 9.56 Å². The molecule has 19 heavy (non-hydrogen) atoms. The van der Waals surface area contributed by atoms with Crippen LogP contribution in [0.4, 0.5) is 16.3 Å². The molecule has 1 atom stereocenters. The van der Waals surface area contributed by atoms with Gasteiger partial charge in [0.2, 0.25) is 5.69 Å². The van der Waals surface area contributed by atoms with E-state index in [1.807, 2.05) is 6.21 Å². The number of amides is 2. The highest BCUT2D eigenvalue weighted by Gasteiger charge is 2.42. The van der Waals surface area contributed by atoms with Gasteiger partial charge in [-0.3, -0.25) is 0 Å². The van der Waals surface area contributed by atoms with E-state index in [0.717, 1.165) is 6.42 Å². The minimum Gasteiger partial charge on any atom is -0.381 e. The van der Waals surface area contributed by atoms with Crippen molar-refractivity contribution in [2.45, 2.75) is 6.42 Å². The van der Waals surface area contributed by atoms with Crippen LogP contribution in [-0.4, -0.2) is 47.1 Å². The molecule has 1 aromatic rings. The van der Waals surface area contributed by atoms with Gasteiger partial charge in [0.1, 0.15) is 0 Å². The largest absolute Gasteiger partial charge is 0.448 e. The normalized spacial score (nSPS) is 24.4. The average Bonchev–Trinajstić information content (AvgIpc) is 2.93. The summed E-state index contributed by atoms with van der Waals surface area (Å²) in [5.41, 5.74) is 0.478. The number of anilines is 1. The van der Waals surface area contributed by atoms with E-state index in [9.17, 15) is 4.79 Å². The minimum absolute atomic E-state index is 0.0212. The Bertz CT molecular complexity index is 584. The van der Waals surface area contributed by atoms with Crippen LogP contribution in [-0.2, 0) is 4.74 Å². The third kappa shape index (κ3) is 2.09. The fourth-order valence-corrected chi connectivity index (χ4v) is 2.71. The molecule has 1 unspecified atom stereocenters. The number of halogens is 2. The Morgan fingerprint density at radius 1 is 1.47 bits per heavy atom. The van der Waals surface area contributed by atoms with E-state index < -0.39 is 0 Å². The molecule has 0 aromatic carbocycles. The summed E-state index contributed by atoms with van der Waals surface area (Å²) in [4.78, 5) is 21.6. The van der Waals surface area contributed by atoms with Gasteiger partial charge in [-0.1, -0.05) is 16.6 Å². The molecule has 3 rings (SSSR count). The second kappa shape index (κ2) is 4.70. The van der Waals surface area contributed by atoms with Crippen molar-refractivity contribution in [1.82, 2.24) is 9.97 Å². The van der Waals surface area contributed by atoms with Crippen molar-refractivity contribution in [1.29, 1.82) is 0 Å². The Labute approximate surface area is 119 Å². The van der Waals surface area contributed by atoms with E-state index in [-0.39, 0.29) is 22.4 Å². The predicted octanol–water partition coefficient (Wildman–Crippen LogP) is 2.10. The molecular weight excluding hydrogens is 291 g/mol. The predicted molar refractivity (Wildman–Crippen MR) is 70.8 cm³/mol. The highest BCUT2D eigenvalue weighted by atomic mass is 35.5. The van der Waals surface area contributed by atoms with Gasteiger partial charge in [0.15, 0.2) is 5.15 Å². The Morgan fingerprint density at radius 3 is 2.95 bits per heavy atom. The number of ether oxygens (including phenoxy) is 1. The van der Waals surface area contributed by atoms with Crippen molar-refractivity contribution in [3.05, 3.63) is 10.4 Å². The maximum atomic E-state index is 12.2. The lowest BCUT2D eigenvalue weighted by Gasteiger charge is -2.01. The van der Waals surface area contributed by atoms with Gasteiger partial charge in [0.05, 0.1) is 19.9 Å². The Hall–Kier alpha value is -1.24. The molecule has 3 heterocycles. The number of fused-ring (bicyclic) bond motifs is 1. The van der Waals surface area contributed by atoms with Gasteiger partial charge in [-0.15, -0.1) is 0 Å². The summed E-state index contributed by atoms with van der Waals surface area (Å²) in [6.07, 6.45) is 2.70. The van der Waals surface area contributed by atoms with Crippen LogP contribution in [0.1, 0.15) is 6.42 Å². The van der Waals surface area contributed by atoms with Crippen LogP contribution >= 0.6 is 23.2 Å². The highest BCUT2D eigenvalue weighted by molar-refractivity contribution is 6.35. The van der Waals surface area contributed by atoms with E-state index in [2.05, 4.69) is 9.97 Å². The zero-order valence-corrected chi connectivity index (χ0v) is 11.6. The van der Waals surface area contributed by atoms with Gasteiger partial charge in [0, 0.05) is 12.5 Å². The molecular formula is C11H11Cl2N4O2+. The molecule has 2 amide bonds.